The Hall–Kier alpha value is -2.57. The predicted molar refractivity (Wildman–Crippen MR) is 104 cm³/mol. The maximum absolute atomic E-state index is 12.3. The average Bonchev–Trinajstić information content (AvgIpc) is 3.02. The first-order valence-electron chi connectivity index (χ1n) is 8.98. The first kappa shape index (κ1) is 20.2. The fourth-order valence-corrected chi connectivity index (χ4v) is 3.64. The number of likely N-dealkylation sites (tertiary alicyclic amines) is 1. The molecule has 6 nitrogen and oxygen atoms in total. The van der Waals surface area contributed by atoms with Gasteiger partial charge in [-0.1, -0.05) is 35.9 Å². The molecule has 1 fully saturated rings. The number of carboxylic acid groups (broad SMARTS) is 1. The minimum absolute atomic E-state index is 0.00324. The molecule has 0 unspecified atom stereocenters. The Bertz CT molecular complexity index is 839. The molecule has 1 heterocycles. The van der Waals surface area contributed by atoms with Gasteiger partial charge in [-0.15, -0.1) is 0 Å². The van der Waals surface area contributed by atoms with Gasteiger partial charge in [0.25, 0.3) is 0 Å². The molecule has 1 N–H and O–H groups in total. The predicted octanol–water partition coefficient (Wildman–Crippen LogP) is 3.54. The van der Waals surface area contributed by atoms with E-state index in [9.17, 15) is 14.7 Å². The molecule has 0 aromatic heterocycles. The van der Waals surface area contributed by atoms with Crippen LogP contribution in [0.15, 0.2) is 48.5 Å². The van der Waals surface area contributed by atoms with Crippen LogP contribution in [0, 0.1) is 5.92 Å². The van der Waals surface area contributed by atoms with Gasteiger partial charge < -0.3 is 19.5 Å². The van der Waals surface area contributed by atoms with E-state index in [0.717, 1.165) is 11.1 Å². The Kier molecular flexibility index (Phi) is 6.54. The van der Waals surface area contributed by atoms with E-state index in [1.54, 1.807) is 30.2 Å². The van der Waals surface area contributed by atoms with Crippen molar-refractivity contribution in [2.75, 3.05) is 20.3 Å². The molecule has 1 aliphatic rings. The molecule has 2 aromatic carbocycles. The van der Waals surface area contributed by atoms with Crippen molar-refractivity contribution >= 4 is 23.5 Å². The van der Waals surface area contributed by atoms with Crippen molar-refractivity contribution in [1.29, 1.82) is 0 Å². The average molecular weight is 404 g/mol. The minimum Gasteiger partial charge on any atom is -0.489 e. The molecule has 1 aliphatic heterocycles. The van der Waals surface area contributed by atoms with Crippen LogP contribution in [-0.4, -0.2) is 42.1 Å². The number of amides is 1. The van der Waals surface area contributed by atoms with Gasteiger partial charge in [-0.05, 0) is 35.4 Å². The molecule has 0 bridgehead atoms. The summed E-state index contributed by atoms with van der Waals surface area (Å²) < 4.78 is 10.8. The van der Waals surface area contributed by atoms with Crippen LogP contribution in [0.1, 0.15) is 23.6 Å². The fourth-order valence-electron chi connectivity index (χ4n) is 3.43. The van der Waals surface area contributed by atoms with Crippen LogP contribution in [0.4, 0.5) is 0 Å². The lowest BCUT2D eigenvalue weighted by molar-refractivity contribution is -0.142. The third-order valence-electron chi connectivity index (χ3n) is 4.80. The van der Waals surface area contributed by atoms with E-state index >= 15 is 0 Å². The summed E-state index contributed by atoms with van der Waals surface area (Å²) in [6, 6.07) is 14.1. The zero-order valence-corrected chi connectivity index (χ0v) is 16.3. The van der Waals surface area contributed by atoms with Gasteiger partial charge in [0.2, 0.25) is 5.91 Å². The first-order valence-corrected chi connectivity index (χ1v) is 9.36. The van der Waals surface area contributed by atoms with Gasteiger partial charge >= 0.3 is 5.97 Å². The molecule has 1 amide bonds. The Labute approximate surface area is 168 Å². The lowest BCUT2D eigenvalue weighted by atomic mass is 9.93. The number of carbonyl (C=O) groups excluding carboxylic acids is 1. The topological polar surface area (TPSA) is 76.1 Å². The van der Waals surface area contributed by atoms with Gasteiger partial charge in [-0.3, -0.25) is 9.59 Å². The maximum atomic E-state index is 12.3. The number of hydrogen-bond acceptors (Lipinski definition) is 4. The molecule has 3 rings (SSSR count). The molecule has 1 saturated heterocycles. The highest BCUT2D eigenvalue weighted by atomic mass is 35.5. The number of aliphatic carboxylic acids is 1. The largest absolute Gasteiger partial charge is 0.489 e. The SMILES string of the molecule is COCCN1C(=O)C[C@H](C(=O)O)[C@H]1c1ccc(OCc2cccc(Cl)c2)cc1. The fraction of sp³-hybridized carbons (Fsp3) is 0.333. The van der Waals surface area contributed by atoms with Gasteiger partial charge in [-0.25, -0.2) is 0 Å². The molecule has 0 saturated carbocycles. The smallest absolute Gasteiger partial charge is 0.309 e. The third kappa shape index (κ3) is 4.64. The molecule has 148 valence electrons. The number of hydrogen-bond donors (Lipinski definition) is 1. The van der Waals surface area contributed by atoms with Crippen molar-refractivity contribution in [1.82, 2.24) is 4.90 Å². The number of methoxy groups -OCH3 is 1. The van der Waals surface area contributed by atoms with Crippen molar-refractivity contribution in [3.63, 3.8) is 0 Å². The Morgan fingerprint density at radius 3 is 2.64 bits per heavy atom. The maximum Gasteiger partial charge on any atom is 0.309 e. The van der Waals surface area contributed by atoms with Crippen molar-refractivity contribution in [3.8, 4) is 5.75 Å². The van der Waals surface area contributed by atoms with Crippen LogP contribution in [0.5, 0.6) is 5.75 Å². The normalized spacial score (nSPS) is 19.1. The van der Waals surface area contributed by atoms with E-state index < -0.39 is 17.9 Å². The zero-order valence-electron chi connectivity index (χ0n) is 15.5. The van der Waals surface area contributed by atoms with E-state index in [4.69, 9.17) is 21.1 Å². The molecule has 0 spiro atoms. The quantitative estimate of drug-likeness (QED) is 0.729. The molecular weight excluding hydrogens is 382 g/mol. The summed E-state index contributed by atoms with van der Waals surface area (Å²) >= 11 is 5.98. The highest BCUT2D eigenvalue weighted by molar-refractivity contribution is 6.30. The van der Waals surface area contributed by atoms with Gasteiger partial charge in [0.1, 0.15) is 12.4 Å². The second-order valence-corrected chi connectivity index (χ2v) is 7.10. The number of carboxylic acids is 1. The Balaban J connectivity index is 1.74. The number of ether oxygens (including phenoxy) is 2. The third-order valence-corrected chi connectivity index (χ3v) is 5.04. The van der Waals surface area contributed by atoms with Gasteiger partial charge in [-0.2, -0.15) is 0 Å². The number of halogens is 1. The van der Waals surface area contributed by atoms with Crippen molar-refractivity contribution in [2.45, 2.75) is 19.1 Å². The first-order chi connectivity index (χ1) is 13.5. The van der Waals surface area contributed by atoms with E-state index in [-0.39, 0.29) is 12.3 Å². The summed E-state index contributed by atoms with van der Waals surface area (Å²) in [5, 5.41) is 10.2. The second-order valence-electron chi connectivity index (χ2n) is 6.66. The summed E-state index contributed by atoms with van der Waals surface area (Å²) in [5.74, 6) is -1.26. The summed E-state index contributed by atoms with van der Waals surface area (Å²) in [7, 11) is 1.55. The minimum atomic E-state index is -0.973. The molecular formula is C21H22ClNO5. The van der Waals surface area contributed by atoms with E-state index in [1.165, 1.54) is 0 Å². The van der Waals surface area contributed by atoms with Gasteiger partial charge in [0.15, 0.2) is 0 Å². The van der Waals surface area contributed by atoms with Crippen LogP contribution < -0.4 is 4.74 Å². The van der Waals surface area contributed by atoms with E-state index in [0.29, 0.717) is 30.5 Å². The Morgan fingerprint density at radius 1 is 1.25 bits per heavy atom. The molecule has 28 heavy (non-hydrogen) atoms. The molecule has 2 aromatic rings. The number of carbonyl (C=O) groups is 2. The molecule has 0 aliphatic carbocycles. The highest BCUT2D eigenvalue weighted by Crippen LogP contribution is 2.38. The van der Waals surface area contributed by atoms with Crippen LogP contribution in [0.3, 0.4) is 0 Å². The van der Waals surface area contributed by atoms with Crippen LogP contribution in [-0.2, 0) is 20.9 Å². The molecule has 2 atom stereocenters. The highest BCUT2D eigenvalue weighted by Gasteiger charge is 2.44. The van der Waals surface area contributed by atoms with E-state index in [2.05, 4.69) is 0 Å². The number of benzene rings is 2. The van der Waals surface area contributed by atoms with Gasteiger partial charge in [0, 0.05) is 25.1 Å². The standard InChI is InChI=1S/C21H22ClNO5/c1-27-10-9-23-19(24)12-18(21(25)26)20(23)15-5-7-17(8-6-15)28-13-14-3-2-4-16(22)11-14/h2-8,11,18,20H,9-10,12-13H2,1H3,(H,25,26)/t18-,20+/m0/s1. The molecule has 0 radical (unpaired) electrons. The number of nitrogens with zero attached hydrogens (tertiary/aromatic N) is 1. The summed E-state index contributed by atoms with van der Waals surface area (Å²) in [5.41, 5.74) is 1.72. The Morgan fingerprint density at radius 2 is 2.00 bits per heavy atom. The summed E-state index contributed by atoms with van der Waals surface area (Å²) in [6.07, 6.45) is -0.00324. The van der Waals surface area contributed by atoms with Crippen molar-refractivity contribution in [3.05, 3.63) is 64.7 Å². The number of rotatable bonds is 8. The summed E-state index contributed by atoms with van der Waals surface area (Å²) in [4.78, 5) is 25.5. The molecule has 7 heteroatoms. The lowest BCUT2D eigenvalue weighted by Crippen LogP contribution is -2.33. The van der Waals surface area contributed by atoms with Crippen LogP contribution >= 0.6 is 11.6 Å². The monoisotopic (exact) mass is 403 g/mol. The van der Waals surface area contributed by atoms with E-state index in [1.807, 2.05) is 30.3 Å². The zero-order chi connectivity index (χ0) is 20.1. The van der Waals surface area contributed by atoms with Crippen LogP contribution in [0.25, 0.3) is 0 Å². The second kappa shape index (κ2) is 9.08. The van der Waals surface area contributed by atoms with Crippen molar-refractivity contribution in [2.24, 2.45) is 5.92 Å². The van der Waals surface area contributed by atoms with Crippen LogP contribution in [0.2, 0.25) is 5.02 Å². The lowest BCUT2D eigenvalue weighted by Gasteiger charge is -2.27. The van der Waals surface area contributed by atoms with Crippen molar-refractivity contribution < 1.29 is 24.2 Å². The summed E-state index contributed by atoms with van der Waals surface area (Å²) in [6.45, 7) is 1.09. The van der Waals surface area contributed by atoms with Gasteiger partial charge in [0.05, 0.1) is 18.6 Å².